The zero-order valence-corrected chi connectivity index (χ0v) is 13.9. The zero-order valence-electron chi connectivity index (χ0n) is 13.9. The third-order valence-electron chi connectivity index (χ3n) is 4.22. The Bertz CT molecular complexity index is 709. The third kappa shape index (κ3) is 3.52. The maximum atomic E-state index is 12.4. The van der Waals surface area contributed by atoms with Crippen LogP contribution in [0.5, 0.6) is 0 Å². The van der Waals surface area contributed by atoms with Gasteiger partial charge in [0.25, 0.3) is 5.91 Å². The lowest BCUT2D eigenvalue weighted by molar-refractivity contribution is 0.0933. The number of carbonyl (C=O) groups is 1. The molecule has 1 fully saturated rings. The van der Waals surface area contributed by atoms with Gasteiger partial charge in [-0.1, -0.05) is 0 Å². The lowest BCUT2D eigenvalue weighted by Crippen LogP contribution is -2.48. The number of piperidine rings is 1. The van der Waals surface area contributed by atoms with Crippen molar-refractivity contribution in [3.8, 4) is 0 Å². The Morgan fingerprint density at radius 1 is 1.30 bits per heavy atom. The van der Waals surface area contributed by atoms with Gasteiger partial charge in [-0.25, -0.2) is 0 Å². The summed E-state index contributed by atoms with van der Waals surface area (Å²) in [4.78, 5) is 18.8. The Kier molecular flexibility index (Phi) is 4.32. The van der Waals surface area contributed by atoms with Crippen molar-refractivity contribution in [1.82, 2.24) is 20.1 Å². The van der Waals surface area contributed by atoms with Crippen LogP contribution in [0.2, 0.25) is 0 Å². The Morgan fingerprint density at radius 2 is 2.13 bits per heavy atom. The average molecular weight is 313 g/mol. The Balaban J connectivity index is 1.67. The molecule has 3 heterocycles. The molecule has 0 radical (unpaired) electrons. The van der Waals surface area contributed by atoms with Crippen LogP contribution in [0.4, 0.5) is 5.82 Å². The molecule has 0 bridgehead atoms. The van der Waals surface area contributed by atoms with Gasteiger partial charge in [0.05, 0.1) is 5.69 Å². The van der Waals surface area contributed by atoms with E-state index in [4.69, 9.17) is 0 Å². The fraction of sp³-hybridized carbons (Fsp3) is 0.471. The molecule has 0 saturated carbocycles. The third-order valence-corrected chi connectivity index (χ3v) is 4.22. The molecule has 0 unspecified atom stereocenters. The summed E-state index contributed by atoms with van der Waals surface area (Å²) in [6, 6.07) is 5.82. The minimum Gasteiger partial charge on any atom is -0.355 e. The van der Waals surface area contributed by atoms with Crippen molar-refractivity contribution in [3.63, 3.8) is 0 Å². The standard InChI is InChI=1S/C17H23N5O/c1-12-9-14(6-7-18-12)17(23)19-15-5-4-8-22(11-15)16-10-13(2)20-21(16)3/h6-7,9-10,15H,4-5,8,11H2,1-3H3,(H,19,23)/t15-/m1/s1. The van der Waals surface area contributed by atoms with Crippen LogP contribution in [-0.2, 0) is 7.05 Å². The van der Waals surface area contributed by atoms with Crippen molar-refractivity contribution in [2.45, 2.75) is 32.7 Å². The van der Waals surface area contributed by atoms with E-state index in [1.807, 2.05) is 31.6 Å². The van der Waals surface area contributed by atoms with Crippen LogP contribution >= 0.6 is 0 Å². The van der Waals surface area contributed by atoms with E-state index >= 15 is 0 Å². The molecular weight excluding hydrogens is 290 g/mol. The largest absolute Gasteiger partial charge is 0.355 e. The van der Waals surface area contributed by atoms with Crippen molar-refractivity contribution < 1.29 is 4.79 Å². The molecule has 2 aromatic heterocycles. The number of aromatic nitrogens is 3. The Morgan fingerprint density at radius 3 is 2.83 bits per heavy atom. The van der Waals surface area contributed by atoms with Crippen LogP contribution in [0.15, 0.2) is 24.4 Å². The predicted octanol–water partition coefficient (Wildman–Crippen LogP) is 1.83. The van der Waals surface area contributed by atoms with Crippen molar-refractivity contribution in [2.24, 2.45) is 7.05 Å². The number of amides is 1. The lowest BCUT2D eigenvalue weighted by Gasteiger charge is -2.34. The van der Waals surface area contributed by atoms with Gasteiger partial charge in [-0.05, 0) is 38.8 Å². The quantitative estimate of drug-likeness (QED) is 0.939. The minimum atomic E-state index is -0.0245. The number of nitrogens with one attached hydrogen (secondary N) is 1. The number of nitrogens with zero attached hydrogens (tertiary/aromatic N) is 4. The molecule has 6 nitrogen and oxygen atoms in total. The molecule has 122 valence electrons. The van der Waals surface area contributed by atoms with Crippen molar-refractivity contribution in [3.05, 3.63) is 41.3 Å². The lowest BCUT2D eigenvalue weighted by atomic mass is 10.0. The molecule has 23 heavy (non-hydrogen) atoms. The number of rotatable bonds is 3. The molecule has 1 aliphatic rings. The highest BCUT2D eigenvalue weighted by Gasteiger charge is 2.24. The number of pyridine rings is 1. The summed E-state index contributed by atoms with van der Waals surface area (Å²) in [5, 5.41) is 7.56. The molecule has 1 saturated heterocycles. The Labute approximate surface area is 136 Å². The highest BCUT2D eigenvalue weighted by atomic mass is 16.1. The van der Waals surface area contributed by atoms with E-state index in [1.54, 1.807) is 12.3 Å². The molecule has 0 aliphatic carbocycles. The molecular formula is C17H23N5O. The summed E-state index contributed by atoms with van der Waals surface area (Å²) in [6.45, 7) is 5.71. The first-order valence-corrected chi connectivity index (χ1v) is 8.02. The van der Waals surface area contributed by atoms with E-state index in [9.17, 15) is 4.79 Å². The normalized spacial score (nSPS) is 18.0. The number of hydrogen-bond acceptors (Lipinski definition) is 4. The molecule has 2 aromatic rings. The number of anilines is 1. The average Bonchev–Trinajstić information content (AvgIpc) is 2.86. The fourth-order valence-corrected chi connectivity index (χ4v) is 3.15. The second-order valence-corrected chi connectivity index (χ2v) is 6.21. The molecule has 1 aliphatic heterocycles. The van der Waals surface area contributed by atoms with Gasteiger partial charge in [-0.15, -0.1) is 0 Å². The summed E-state index contributed by atoms with van der Waals surface area (Å²) in [5.74, 6) is 1.09. The maximum absolute atomic E-state index is 12.4. The van der Waals surface area contributed by atoms with Crippen LogP contribution in [0.1, 0.15) is 34.6 Å². The van der Waals surface area contributed by atoms with Crippen LogP contribution in [0.3, 0.4) is 0 Å². The SMILES string of the molecule is Cc1cc(C(=O)N[C@@H]2CCCN(c3cc(C)nn3C)C2)ccn1. The van der Waals surface area contributed by atoms with Gasteiger partial charge >= 0.3 is 0 Å². The molecule has 1 N–H and O–H groups in total. The fourth-order valence-electron chi connectivity index (χ4n) is 3.15. The van der Waals surface area contributed by atoms with Crippen molar-refractivity contribution in [1.29, 1.82) is 0 Å². The summed E-state index contributed by atoms with van der Waals surface area (Å²) < 4.78 is 1.91. The maximum Gasteiger partial charge on any atom is 0.251 e. The second-order valence-electron chi connectivity index (χ2n) is 6.21. The first-order valence-electron chi connectivity index (χ1n) is 8.02. The van der Waals surface area contributed by atoms with Crippen LogP contribution < -0.4 is 10.2 Å². The molecule has 1 atom stereocenters. The molecule has 0 spiro atoms. The molecule has 0 aromatic carbocycles. The Hall–Kier alpha value is -2.37. The van der Waals surface area contributed by atoms with Crippen LogP contribution in [-0.4, -0.2) is 39.8 Å². The summed E-state index contributed by atoms with van der Waals surface area (Å²) in [7, 11) is 1.96. The van der Waals surface area contributed by atoms with E-state index in [0.29, 0.717) is 5.56 Å². The second kappa shape index (κ2) is 6.40. The monoisotopic (exact) mass is 313 g/mol. The predicted molar refractivity (Wildman–Crippen MR) is 89.6 cm³/mol. The number of carbonyl (C=O) groups excluding carboxylic acids is 1. The topological polar surface area (TPSA) is 63.1 Å². The van der Waals surface area contributed by atoms with Gasteiger partial charge in [-0.3, -0.25) is 14.5 Å². The van der Waals surface area contributed by atoms with E-state index in [0.717, 1.165) is 43.1 Å². The van der Waals surface area contributed by atoms with E-state index in [2.05, 4.69) is 26.4 Å². The highest BCUT2D eigenvalue weighted by Crippen LogP contribution is 2.20. The summed E-state index contributed by atoms with van der Waals surface area (Å²) in [6.07, 6.45) is 3.74. The number of aryl methyl sites for hydroxylation is 3. The molecule has 1 amide bonds. The summed E-state index contributed by atoms with van der Waals surface area (Å²) in [5.41, 5.74) is 2.54. The van der Waals surface area contributed by atoms with E-state index in [-0.39, 0.29) is 11.9 Å². The van der Waals surface area contributed by atoms with Gasteiger partial charge in [-0.2, -0.15) is 5.10 Å². The summed E-state index contributed by atoms with van der Waals surface area (Å²) >= 11 is 0. The first-order chi connectivity index (χ1) is 11.0. The van der Waals surface area contributed by atoms with Gasteiger partial charge < -0.3 is 10.2 Å². The van der Waals surface area contributed by atoms with Crippen LogP contribution in [0.25, 0.3) is 0 Å². The highest BCUT2D eigenvalue weighted by molar-refractivity contribution is 5.94. The minimum absolute atomic E-state index is 0.0245. The van der Waals surface area contributed by atoms with E-state index in [1.165, 1.54) is 0 Å². The first kappa shape index (κ1) is 15.5. The zero-order chi connectivity index (χ0) is 16.4. The number of hydrogen-bond donors (Lipinski definition) is 1. The van der Waals surface area contributed by atoms with Gasteiger partial charge in [0.15, 0.2) is 0 Å². The van der Waals surface area contributed by atoms with Gasteiger partial charge in [0.2, 0.25) is 0 Å². The molecule has 6 heteroatoms. The van der Waals surface area contributed by atoms with Crippen molar-refractivity contribution >= 4 is 11.7 Å². The van der Waals surface area contributed by atoms with Gasteiger partial charge in [0.1, 0.15) is 5.82 Å². The smallest absolute Gasteiger partial charge is 0.251 e. The van der Waals surface area contributed by atoms with Crippen LogP contribution in [0, 0.1) is 13.8 Å². The van der Waals surface area contributed by atoms with Gasteiger partial charge in [0, 0.05) is 49.7 Å². The van der Waals surface area contributed by atoms with Crippen molar-refractivity contribution in [2.75, 3.05) is 18.0 Å². The molecule has 3 rings (SSSR count). The van der Waals surface area contributed by atoms with E-state index < -0.39 is 0 Å².